The first kappa shape index (κ1) is 32.3. The van der Waals surface area contributed by atoms with Crippen molar-refractivity contribution in [2.45, 2.75) is 30.9 Å². The number of hydrogen-bond acceptors (Lipinski definition) is 5. The Morgan fingerprint density at radius 3 is 2.30 bits per heavy atom. The fraction of sp³-hybridized carbons (Fsp3) is 0.235. The number of aliphatic imine (C=N–C) groups is 1. The van der Waals surface area contributed by atoms with Crippen LogP contribution in [0.1, 0.15) is 34.8 Å². The highest BCUT2D eigenvalue weighted by molar-refractivity contribution is 9.10. The minimum absolute atomic E-state index is 0.0551. The van der Waals surface area contributed by atoms with Crippen molar-refractivity contribution in [1.82, 2.24) is 5.32 Å². The molecular formula is C34H30BrCl3N2O4. The summed E-state index contributed by atoms with van der Waals surface area (Å²) in [6.45, 7) is 0.838. The number of carbonyl (C=O) groups excluding carboxylic acids is 1. The Kier molecular flexibility index (Phi) is 10.9. The van der Waals surface area contributed by atoms with Gasteiger partial charge in [-0.1, -0.05) is 81.1 Å². The number of hydrogen-bond donors (Lipinski definition) is 2. The van der Waals surface area contributed by atoms with Gasteiger partial charge in [0.2, 0.25) is 5.90 Å². The third kappa shape index (κ3) is 7.76. The first-order valence-electron chi connectivity index (χ1n) is 14.1. The third-order valence-electron chi connectivity index (χ3n) is 7.27. The molecule has 228 valence electrons. The number of amides is 1. The molecule has 2 atom stereocenters. The first-order valence-corrected chi connectivity index (χ1v) is 16.0. The predicted octanol–water partition coefficient (Wildman–Crippen LogP) is 8.03. The zero-order chi connectivity index (χ0) is 31.1. The number of nitrogens with zero attached hydrogens (tertiary/aromatic N) is 1. The van der Waals surface area contributed by atoms with E-state index in [1.54, 1.807) is 18.2 Å². The molecule has 0 aliphatic carbocycles. The molecule has 1 amide bonds. The lowest BCUT2D eigenvalue weighted by atomic mass is 9.82. The molecule has 10 heteroatoms. The van der Waals surface area contributed by atoms with E-state index in [0.717, 1.165) is 15.6 Å². The van der Waals surface area contributed by atoms with Crippen LogP contribution in [-0.2, 0) is 22.4 Å². The lowest BCUT2D eigenvalue weighted by molar-refractivity contribution is -0.128. The van der Waals surface area contributed by atoms with Gasteiger partial charge < -0.3 is 19.9 Å². The van der Waals surface area contributed by atoms with E-state index < -0.39 is 11.6 Å². The Bertz CT molecular complexity index is 1620. The maximum absolute atomic E-state index is 14.4. The molecule has 1 aliphatic rings. The third-order valence-corrected chi connectivity index (χ3v) is 8.62. The van der Waals surface area contributed by atoms with Gasteiger partial charge in [0.25, 0.3) is 5.91 Å². The van der Waals surface area contributed by atoms with Crippen molar-refractivity contribution in [2.75, 3.05) is 19.8 Å². The topological polar surface area (TPSA) is 80.2 Å². The maximum Gasteiger partial charge on any atom is 0.252 e. The summed E-state index contributed by atoms with van der Waals surface area (Å²) in [6.07, 6.45) is 0.552. The van der Waals surface area contributed by atoms with Gasteiger partial charge in [-0.25, -0.2) is 4.99 Å². The zero-order valence-corrected chi connectivity index (χ0v) is 27.5. The van der Waals surface area contributed by atoms with Gasteiger partial charge in [-0.3, -0.25) is 4.79 Å². The van der Waals surface area contributed by atoms with Crippen LogP contribution >= 0.6 is 50.7 Å². The number of nitrogens with one attached hydrogen (secondary N) is 1. The van der Waals surface area contributed by atoms with Crippen molar-refractivity contribution >= 4 is 62.5 Å². The Hall–Kier alpha value is -3.07. The normalized spacial score (nSPS) is 17.6. The summed E-state index contributed by atoms with van der Waals surface area (Å²) in [6, 6.07) is 27.8. The van der Waals surface area contributed by atoms with Crippen molar-refractivity contribution in [3.8, 4) is 5.75 Å². The van der Waals surface area contributed by atoms with E-state index in [4.69, 9.17) is 54.4 Å². The lowest BCUT2D eigenvalue weighted by Gasteiger charge is -2.31. The number of rotatable bonds is 12. The summed E-state index contributed by atoms with van der Waals surface area (Å²) in [5.41, 5.74) is 1.83. The Balaban J connectivity index is 1.53. The van der Waals surface area contributed by atoms with Gasteiger partial charge >= 0.3 is 0 Å². The molecule has 0 aromatic heterocycles. The molecule has 44 heavy (non-hydrogen) atoms. The molecule has 0 spiro atoms. The van der Waals surface area contributed by atoms with Crippen LogP contribution < -0.4 is 10.1 Å². The van der Waals surface area contributed by atoms with Gasteiger partial charge in [-0.2, -0.15) is 0 Å². The summed E-state index contributed by atoms with van der Waals surface area (Å²) in [7, 11) is 0. The molecule has 0 saturated carbocycles. The van der Waals surface area contributed by atoms with Crippen molar-refractivity contribution in [3.05, 3.63) is 133 Å². The SMILES string of the molecule is O=C(NCCc1ccc(Cl)cc1)[C@]1(Cc2ccc(Br)cc2)N=C(c2ccc(OCCCO)cc2)O[C@@H]1c1ccc(Cl)cc1Cl. The summed E-state index contributed by atoms with van der Waals surface area (Å²) >= 11 is 22.5. The number of aliphatic hydroxyl groups is 1. The second-order valence-electron chi connectivity index (χ2n) is 10.4. The van der Waals surface area contributed by atoms with Crippen LogP contribution in [0.4, 0.5) is 0 Å². The van der Waals surface area contributed by atoms with E-state index in [1.165, 1.54) is 0 Å². The minimum Gasteiger partial charge on any atom is -0.494 e. The summed E-state index contributed by atoms with van der Waals surface area (Å²) in [4.78, 5) is 19.4. The molecule has 2 N–H and O–H groups in total. The first-order chi connectivity index (χ1) is 21.3. The van der Waals surface area contributed by atoms with Gasteiger partial charge in [0.1, 0.15) is 5.75 Å². The Labute approximate surface area is 280 Å². The Morgan fingerprint density at radius 2 is 1.61 bits per heavy atom. The number of halogens is 4. The van der Waals surface area contributed by atoms with Gasteiger partial charge in [-0.15, -0.1) is 0 Å². The van der Waals surface area contributed by atoms with Crippen LogP contribution in [0, 0.1) is 0 Å². The molecular weight excluding hydrogens is 687 g/mol. The van der Waals surface area contributed by atoms with E-state index in [1.807, 2.05) is 72.8 Å². The minimum atomic E-state index is -1.39. The standard InChI is InChI=1S/C34H30BrCl3N2O4/c35-25-8-2-23(3-9-25)21-34(33(42)39-17-16-22-4-10-26(36)11-5-22)31(29-15-12-27(37)20-30(29)38)44-32(40-34)24-6-13-28(14-7-24)43-19-1-18-41/h2-15,20,31,41H,1,16-19,21H2,(H,39,42)/t31-,34-/m1/s1. The van der Waals surface area contributed by atoms with Crippen LogP contribution in [0.2, 0.25) is 15.1 Å². The molecule has 0 saturated heterocycles. The summed E-state index contributed by atoms with van der Waals surface area (Å²) in [5.74, 6) is 0.677. The average Bonchev–Trinajstić information content (AvgIpc) is 3.40. The molecule has 0 unspecified atom stereocenters. The van der Waals surface area contributed by atoms with E-state index in [0.29, 0.717) is 63.8 Å². The number of benzene rings is 4. The quantitative estimate of drug-likeness (QED) is 0.146. The van der Waals surface area contributed by atoms with Gasteiger partial charge in [0.15, 0.2) is 11.6 Å². The molecule has 1 aliphatic heterocycles. The molecule has 4 aromatic carbocycles. The maximum atomic E-state index is 14.4. The van der Waals surface area contributed by atoms with Crippen molar-refractivity contribution in [3.63, 3.8) is 0 Å². The van der Waals surface area contributed by atoms with Crippen LogP contribution in [0.15, 0.2) is 100 Å². The number of ether oxygens (including phenoxy) is 2. The van der Waals surface area contributed by atoms with Gasteiger partial charge in [-0.05, 0) is 78.2 Å². The second-order valence-corrected chi connectivity index (χ2v) is 12.6. The van der Waals surface area contributed by atoms with Crippen LogP contribution in [-0.4, -0.2) is 42.2 Å². The van der Waals surface area contributed by atoms with E-state index >= 15 is 0 Å². The molecule has 0 radical (unpaired) electrons. The van der Waals surface area contributed by atoms with Gasteiger partial charge in [0, 0.05) is 56.7 Å². The lowest BCUT2D eigenvalue weighted by Crippen LogP contribution is -2.50. The van der Waals surface area contributed by atoms with Crippen LogP contribution in [0.3, 0.4) is 0 Å². The molecule has 4 aromatic rings. The van der Waals surface area contributed by atoms with Crippen molar-refractivity contribution in [2.24, 2.45) is 4.99 Å². The highest BCUT2D eigenvalue weighted by atomic mass is 79.9. The number of aliphatic hydroxyl groups excluding tert-OH is 1. The fourth-order valence-electron chi connectivity index (χ4n) is 5.01. The van der Waals surface area contributed by atoms with Gasteiger partial charge in [0.05, 0.1) is 6.61 Å². The Morgan fingerprint density at radius 1 is 0.932 bits per heavy atom. The molecule has 1 heterocycles. The van der Waals surface area contributed by atoms with E-state index in [9.17, 15) is 4.79 Å². The summed E-state index contributed by atoms with van der Waals surface area (Å²) in [5, 5.41) is 13.7. The molecule has 6 nitrogen and oxygen atoms in total. The average molecular weight is 717 g/mol. The van der Waals surface area contributed by atoms with Crippen LogP contribution in [0.25, 0.3) is 0 Å². The zero-order valence-electron chi connectivity index (χ0n) is 23.6. The van der Waals surface area contributed by atoms with Crippen LogP contribution in [0.5, 0.6) is 5.75 Å². The largest absolute Gasteiger partial charge is 0.494 e. The molecule has 5 rings (SSSR count). The monoisotopic (exact) mass is 714 g/mol. The molecule has 0 bridgehead atoms. The van der Waals surface area contributed by atoms with Crippen molar-refractivity contribution < 1.29 is 19.4 Å². The smallest absolute Gasteiger partial charge is 0.252 e. The predicted molar refractivity (Wildman–Crippen MR) is 179 cm³/mol. The van der Waals surface area contributed by atoms with Crippen molar-refractivity contribution in [1.29, 1.82) is 0 Å². The summed E-state index contributed by atoms with van der Waals surface area (Å²) < 4.78 is 13.2. The highest BCUT2D eigenvalue weighted by Gasteiger charge is 2.53. The second kappa shape index (κ2) is 14.8. The number of carbonyl (C=O) groups is 1. The van der Waals surface area contributed by atoms with E-state index in [-0.39, 0.29) is 18.9 Å². The van der Waals surface area contributed by atoms with E-state index in [2.05, 4.69) is 21.2 Å². The molecule has 0 fully saturated rings. The fourth-order valence-corrected chi connectivity index (χ4v) is 5.91. The highest BCUT2D eigenvalue weighted by Crippen LogP contribution is 2.45.